The van der Waals surface area contributed by atoms with Gasteiger partial charge in [0.2, 0.25) is 0 Å². The number of likely N-dealkylation sites (tertiary alicyclic amines) is 1. The molecule has 0 bridgehead atoms. The molecule has 1 aliphatic heterocycles. The Labute approximate surface area is 185 Å². The van der Waals surface area contributed by atoms with Crippen LogP contribution in [0.15, 0.2) is 55.2 Å². The van der Waals surface area contributed by atoms with Gasteiger partial charge in [-0.25, -0.2) is 15.0 Å². The van der Waals surface area contributed by atoms with Gasteiger partial charge in [0, 0.05) is 49.0 Å². The molecule has 0 saturated carbocycles. The van der Waals surface area contributed by atoms with Crippen molar-refractivity contribution in [1.82, 2.24) is 33.8 Å². The molecule has 3 N–H and O–H groups in total. The first-order chi connectivity index (χ1) is 15.7. The monoisotopic (exact) mass is 426 g/mol. The molecule has 0 amide bonds. The predicted molar refractivity (Wildman–Crippen MR) is 125 cm³/mol. The summed E-state index contributed by atoms with van der Waals surface area (Å²) in [5.74, 6) is 1.95. The van der Waals surface area contributed by atoms with Crippen molar-refractivity contribution >= 4 is 22.2 Å². The van der Waals surface area contributed by atoms with Crippen LogP contribution in [0.3, 0.4) is 0 Å². The average Bonchev–Trinajstić information content (AvgIpc) is 3.51. The number of nitrogens with two attached hydrogens (primary N) is 1. The smallest absolute Gasteiger partial charge is 0.150 e. The number of hydrogen-bond donors (Lipinski definition) is 2. The SMILES string of the molecule is Cn1cnc(CN2CCC(c3nc(-c4cc5ccccc5[nH]4)c4c(N)nccn34)CC2)c1. The van der Waals surface area contributed by atoms with Gasteiger partial charge in [0.05, 0.1) is 17.7 Å². The number of anilines is 1. The summed E-state index contributed by atoms with van der Waals surface area (Å²) in [6, 6.07) is 10.4. The minimum Gasteiger partial charge on any atom is -0.382 e. The third kappa shape index (κ3) is 3.23. The largest absolute Gasteiger partial charge is 0.382 e. The van der Waals surface area contributed by atoms with Crippen LogP contribution in [-0.2, 0) is 13.6 Å². The van der Waals surface area contributed by atoms with Crippen LogP contribution in [0.2, 0.25) is 0 Å². The standard InChI is InChI=1S/C24H26N8/c1-30-13-18(27-15-30)14-31-9-6-16(7-10-31)24-29-21(22-23(25)26-8-11-32(22)24)20-12-17-4-2-3-5-19(17)28-20/h2-5,8,11-13,15-16,28H,6-7,9-10,14H2,1H3,(H2,25,26). The lowest BCUT2D eigenvalue weighted by Crippen LogP contribution is -2.33. The second-order valence-electron chi connectivity index (χ2n) is 8.70. The number of aromatic nitrogens is 6. The van der Waals surface area contributed by atoms with Gasteiger partial charge < -0.3 is 15.3 Å². The first kappa shape index (κ1) is 19.1. The van der Waals surface area contributed by atoms with Crippen LogP contribution >= 0.6 is 0 Å². The first-order valence-electron chi connectivity index (χ1n) is 11.1. The quantitative estimate of drug-likeness (QED) is 0.458. The number of aryl methyl sites for hydroxylation is 1. The Bertz CT molecular complexity index is 1370. The molecule has 1 aliphatic rings. The molecule has 8 heteroatoms. The summed E-state index contributed by atoms with van der Waals surface area (Å²) in [5, 5.41) is 1.16. The maximum atomic E-state index is 6.34. The Morgan fingerprint density at radius 3 is 2.78 bits per heavy atom. The number of benzene rings is 1. The van der Waals surface area contributed by atoms with Crippen molar-refractivity contribution < 1.29 is 0 Å². The van der Waals surface area contributed by atoms with Crippen LogP contribution in [-0.4, -0.2) is 46.9 Å². The van der Waals surface area contributed by atoms with E-state index in [0.717, 1.165) is 71.8 Å². The van der Waals surface area contributed by atoms with Crippen molar-refractivity contribution in [2.24, 2.45) is 7.05 Å². The number of hydrogen-bond acceptors (Lipinski definition) is 5. The number of piperidine rings is 1. The molecule has 5 heterocycles. The van der Waals surface area contributed by atoms with Gasteiger partial charge in [-0.1, -0.05) is 18.2 Å². The number of nitrogens with zero attached hydrogens (tertiary/aromatic N) is 6. The molecule has 1 fully saturated rings. The van der Waals surface area contributed by atoms with E-state index in [-0.39, 0.29) is 0 Å². The van der Waals surface area contributed by atoms with Gasteiger partial charge in [0.15, 0.2) is 0 Å². The Hall–Kier alpha value is -3.65. The van der Waals surface area contributed by atoms with Crippen molar-refractivity contribution in [2.75, 3.05) is 18.8 Å². The molecule has 162 valence electrons. The van der Waals surface area contributed by atoms with E-state index >= 15 is 0 Å². The Balaban J connectivity index is 1.32. The fourth-order valence-corrected chi connectivity index (χ4v) is 4.89. The second kappa shape index (κ2) is 7.49. The fourth-order valence-electron chi connectivity index (χ4n) is 4.89. The Morgan fingerprint density at radius 1 is 1.16 bits per heavy atom. The molecule has 1 aromatic carbocycles. The van der Waals surface area contributed by atoms with Gasteiger partial charge in [-0.3, -0.25) is 9.30 Å². The zero-order chi connectivity index (χ0) is 21.7. The van der Waals surface area contributed by atoms with Gasteiger partial charge in [-0.15, -0.1) is 0 Å². The summed E-state index contributed by atoms with van der Waals surface area (Å²) in [7, 11) is 2.01. The van der Waals surface area contributed by atoms with E-state index < -0.39 is 0 Å². The molecule has 32 heavy (non-hydrogen) atoms. The minimum atomic E-state index is 0.377. The number of rotatable bonds is 4. The first-order valence-corrected chi connectivity index (χ1v) is 11.1. The van der Waals surface area contributed by atoms with E-state index in [9.17, 15) is 0 Å². The summed E-state index contributed by atoms with van der Waals surface area (Å²) in [5.41, 5.74) is 11.3. The predicted octanol–water partition coefficient (Wildman–Crippen LogP) is 3.57. The third-order valence-electron chi connectivity index (χ3n) is 6.49. The molecule has 6 rings (SSSR count). The molecular formula is C24H26N8. The molecule has 0 radical (unpaired) electrons. The van der Waals surface area contributed by atoms with Crippen molar-refractivity contribution in [2.45, 2.75) is 25.3 Å². The molecular weight excluding hydrogens is 400 g/mol. The highest BCUT2D eigenvalue weighted by molar-refractivity contribution is 5.91. The number of nitrogens with one attached hydrogen (secondary N) is 1. The number of nitrogen functional groups attached to an aromatic ring is 1. The lowest BCUT2D eigenvalue weighted by atomic mass is 9.96. The van der Waals surface area contributed by atoms with Crippen molar-refractivity contribution in [1.29, 1.82) is 0 Å². The Morgan fingerprint density at radius 2 is 2.00 bits per heavy atom. The van der Waals surface area contributed by atoms with Gasteiger partial charge in [0.1, 0.15) is 22.9 Å². The average molecular weight is 427 g/mol. The lowest BCUT2D eigenvalue weighted by molar-refractivity contribution is 0.199. The summed E-state index contributed by atoms with van der Waals surface area (Å²) >= 11 is 0. The summed E-state index contributed by atoms with van der Waals surface area (Å²) < 4.78 is 4.14. The maximum Gasteiger partial charge on any atom is 0.150 e. The van der Waals surface area contributed by atoms with Crippen LogP contribution < -0.4 is 5.73 Å². The number of imidazole rings is 2. The Kier molecular flexibility index (Phi) is 4.46. The maximum absolute atomic E-state index is 6.34. The minimum absolute atomic E-state index is 0.377. The molecule has 5 aromatic rings. The van der Waals surface area contributed by atoms with E-state index in [1.807, 2.05) is 36.3 Å². The van der Waals surface area contributed by atoms with Crippen molar-refractivity contribution in [3.05, 3.63) is 66.8 Å². The van der Waals surface area contributed by atoms with E-state index in [2.05, 4.69) is 48.6 Å². The van der Waals surface area contributed by atoms with Crippen LogP contribution in [0.5, 0.6) is 0 Å². The number of H-pyrrole nitrogens is 1. The highest BCUT2D eigenvalue weighted by Crippen LogP contribution is 2.35. The zero-order valence-corrected chi connectivity index (χ0v) is 18.1. The van der Waals surface area contributed by atoms with E-state index in [4.69, 9.17) is 10.7 Å². The van der Waals surface area contributed by atoms with E-state index in [1.165, 1.54) is 0 Å². The summed E-state index contributed by atoms with van der Waals surface area (Å²) in [4.78, 5) is 19.9. The number of aromatic amines is 1. The summed E-state index contributed by atoms with van der Waals surface area (Å²) in [6.07, 6.45) is 9.82. The fraction of sp³-hybridized carbons (Fsp3) is 0.292. The van der Waals surface area contributed by atoms with Crippen molar-refractivity contribution in [3.8, 4) is 11.4 Å². The third-order valence-corrected chi connectivity index (χ3v) is 6.49. The zero-order valence-electron chi connectivity index (χ0n) is 18.1. The van der Waals surface area contributed by atoms with Gasteiger partial charge >= 0.3 is 0 Å². The molecule has 0 unspecified atom stereocenters. The second-order valence-corrected chi connectivity index (χ2v) is 8.70. The van der Waals surface area contributed by atoms with Crippen LogP contribution in [0, 0.1) is 0 Å². The molecule has 4 aromatic heterocycles. The van der Waals surface area contributed by atoms with E-state index in [0.29, 0.717) is 11.7 Å². The van der Waals surface area contributed by atoms with Crippen molar-refractivity contribution in [3.63, 3.8) is 0 Å². The van der Waals surface area contributed by atoms with Gasteiger partial charge in [-0.05, 0) is 38.1 Å². The van der Waals surface area contributed by atoms with Gasteiger partial charge in [0.25, 0.3) is 0 Å². The topological polar surface area (TPSA) is 93.1 Å². The number of fused-ring (bicyclic) bond motifs is 2. The number of para-hydroxylation sites is 1. The lowest BCUT2D eigenvalue weighted by Gasteiger charge is -2.30. The molecule has 1 saturated heterocycles. The van der Waals surface area contributed by atoms with E-state index in [1.54, 1.807) is 6.20 Å². The van der Waals surface area contributed by atoms with Crippen LogP contribution in [0.4, 0.5) is 5.82 Å². The summed E-state index contributed by atoms with van der Waals surface area (Å²) in [6.45, 7) is 2.95. The molecule has 0 atom stereocenters. The molecule has 0 aliphatic carbocycles. The highest BCUT2D eigenvalue weighted by Gasteiger charge is 2.27. The molecule has 8 nitrogen and oxygen atoms in total. The normalized spacial score (nSPS) is 15.8. The highest BCUT2D eigenvalue weighted by atomic mass is 15.2. The van der Waals surface area contributed by atoms with Crippen LogP contribution in [0.1, 0.15) is 30.3 Å². The van der Waals surface area contributed by atoms with Crippen LogP contribution in [0.25, 0.3) is 27.8 Å². The van der Waals surface area contributed by atoms with Gasteiger partial charge in [-0.2, -0.15) is 0 Å². The molecule has 0 spiro atoms.